The number of nitrogens with zero attached hydrogens (tertiary/aromatic N) is 1. The lowest BCUT2D eigenvalue weighted by molar-refractivity contribution is -0.117. The lowest BCUT2D eigenvalue weighted by Gasteiger charge is -2.37. The van der Waals surface area contributed by atoms with Crippen molar-refractivity contribution in [2.45, 2.75) is 64.7 Å². The van der Waals surface area contributed by atoms with Crippen LogP contribution in [0.2, 0.25) is 0 Å². The fourth-order valence-electron chi connectivity index (χ4n) is 2.35. The van der Waals surface area contributed by atoms with Crippen molar-refractivity contribution in [3.05, 3.63) is 24.0 Å². The first-order valence-electron chi connectivity index (χ1n) is 7.88. The van der Waals surface area contributed by atoms with Crippen molar-refractivity contribution in [3.8, 4) is 0 Å². The van der Waals surface area contributed by atoms with Gasteiger partial charge in [-0.15, -0.1) is 0 Å². The van der Waals surface area contributed by atoms with Gasteiger partial charge >= 0.3 is 7.48 Å². The fraction of sp³-hybridized carbons (Fsp3) is 0.588. The van der Waals surface area contributed by atoms with Gasteiger partial charge in [0, 0.05) is 12.5 Å². The Morgan fingerprint density at radius 2 is 2.00 bits per heavy atom. The van der Waals surface area contributed by atoms with Gasteiger partial charge in [-0.05, 0) is 53.2 Å². The summed E-state index contributed by atoms with van der Waals surface area (Å²) in [5, 5.41) is 10.1. The highest BCUT2D eigenvalue weighted by Crippen LogP contribution is 2.28. The highest BCUT2D eigenvalue weighted by atomic mass is 19.1. The van der Waals surface area contributed by atoms with Gasteiger partial charge in [0.05, 0.1) is 16.9 Å². The summed E-state index contributed by atoms with van der Waals surface area (Å²) in [6, 6.07) is 4.66. The predicted octanol–water partition coefficient (Wildman–Crippen LogP) is 2.15. The van der Waals surface area contributed by atoms with Crippen molar-refractivity contribution in [2.75, 3.05) is 4.90 Å². The van der Waals surface area contributed by atoms with E-state index >= 15 is 0 Å². The molecule has 1 atom stereocenters. The van der Waals surface area contributed by atoms with Crippen molar-refractivity contribution in [1.29, 1.82) is 0 Å². The highest BCUT2D eigenvalue weighted by molar-refractivity contribution is 6.47. The zero-order valence-electron chi connectivity index (χ0n) is 14.4. The van der Waals surface area contributed by atoms with Crippen molar-refractivity contribution in [3.63, 3.8) is 0 Å². The van der Waals surface area contributed by atoms with Crippen LogP contribution in [0.15, 0.2) is 18.2 Å². The molecule has 0 saturated carbocycles. The average Bonchev–Trinajstić information content (AvgIpc) is 2.75. The van der Waals surface area contributed by atoms with Crippen LogP contribution >= 0.6 is 0 Å². The Labute approximate surface area is 137 Å². The quantitative estimate of drug-likeness (QED) is 0.846. The number of aliphatic hydroxyl groups is 1. The standard InChI is InChI=1S/C17H24BFNO3/c1-11-6-9-15(21)20(11)14-8-7-12(10-13(14)19)18-23-17(4,5)16(2,3)22/h7-8,10-11,22H,6,9H2,1-5H3/t11-/m1/s1. The molecule has 125 valence electrons. The molecule has 2 rings (SSSR count). The number of rotatable bonds is 5. The van der Waals surface area contributed by atoms with Crippen molar-refractivity contribution in [2.24, 2.45) is 0 Å². The second kappa shape index (κ2) is 6.25. The summed E-state index contributed by atoms with van der Waals surface area (Å²) >= 11 is 0. The van der Waals surface area contributed by atoms with Gasteiger partial charge in [0.1, 0.15) is 5.82 Å². The lowest BCUT2D eigenvalue weighted by Crippen LogP contribution is -2.49. The highest BCUT2D eigenvalue weighted by Gasteiger charge is 2.36. The van der Waals surface area contributed by atoms with E-state index in [-0.39, 0.29) is 11.9 Å². The second-order valence-corrected chi connectivity index (χ2v) is 7.17. The van der Waals surface area contributed by atoms with Crippen LogP contribution in [-0.2, 0) is 9.45 Å². The normalized spacial score (nSPS) is 19.3. The predicted molar refractivity (Wildman–Crippen MR) is 89.4 cm³/mol. The summed E-state index contributed by atoms with van der Waals surface area (Å²) in [5.41, 5.74) is -1.01. The molecule has 0 unspecified atom stereocenters. The van der Waals surface area contributed by atoms with Crippen LogP contribution in [0.1, 0.15) is 47.5 Å². The smallest absolute Gasteiger partial charge is 0.331 e. The molecular weight excluding hydrogens is 296 g/mol. The van der Waals surface area contributed by atoms with E-state index < -0.39 is 17.0 Å². The summed E-state index contributed by atoms with van der Waals surface area (Å²) in [5.74, 6) is -0.502. The lowest BCUT2D eigenvalue weighted by atomic mass is 9.82. The maximum atomic E-state index is 14.4. The molecule has 1 N–H and O–H groups in total. The number of carbonyl (C=O) groups excluding carboxylic acids is 1. The Bertz CT molecular complexity index is 598. The van der Waals surface area contributed by atoms with E-state index in [0.29, 0.717) is 17.6 Å². The van der Waals surface area contributed by atoms with Crippen molar-refractivity contribution in [1.82, 2.24) is 0 Å². The summed E-state index contributed by atoms with van der Waals surface area (Å²) in [4.78, 5) is 13.4. The number of benzene rings is 1. The maximum Gasteiger partial charge on any atom is 0.331 e. The van der Waals surface area contributed by atoms with E-state index in [1.807, 2.05) is 6.92 Å². The summed E-state index contributed by atoms with van der Waals surface area (Å²) in [6.45, 7) is 8.76. The number of amides is 1. The Morgan fingerprint density at radius 1 is 1.35 bits per heavy atom. The molecule has 1 aliphatic rings. The third-order valence-corrected chi connectivity index (χ3v) is 4.68. The molecule has 1 amide bonds. The SMILES string of the molecule is C[C@@H]1CCC(=O)N1c1ccc([B]OC(C)(C)C(C)(C)O)cc1F. The summed E-state index contributed by atoms with van der Waals surface area (Å²) in [7, 11) is 1.43. The minimum absolute atomic E-state index is 0.0113. The van der Waals surface area contributed by atoms with Crippen LogP contribution < -0.4 is 10.4 Å². The second-order valence-electron chi connectivity index (χ2n) is 7.17. The molecule has 0 aliphatic carbocycles. The van der Waals surface area contributed by atoms with Gasteiger partial charge in [-0.2, -0.15) is 0 Å². The van der Waals surface area contributed by atoms with E-state index in [1.54, 1.807) is 39.8 Å². The molecule has 1 heterocycles. The first-order valence-corrected chi connectivity index (χ1v) is 7.88. The van der Waals surface area contributed by atoms with Gasteiger partial charge in [0.2, 0.25) is 5.91 Å². The number of anilines is 1. The molecule has 1 fully saturated rings. The van der Waals surface area contributed by atoms with E-state index in [9.17, 15) is 14.3 Å². The van der Waals surface area contributed by atoms with E-state index in [2.05, 4.69) is 0 Å². The molecule has 1 radical (unpaired) electrons. The first kappa shape index (κ1) is 18.0. The molecule has 1 aliphatic heterocycles. The molecule has 6 heteroatoms. The molecule has 1 aromatic carbocycles. The van der Waals surface area contributed by atoms with Crippen LogP contribution in [0.4, 0.5) is 10.1 Å². The van der Waals surface area contributed by atoms with Crippen LogP contribution in [0.5, 0.6) is 0 Å². The summed E-state index contributed by atoms with van der Waals surface area (Å²) in [6.07, 6.45) is 1.20. The van der Waals surface area contributed by atoms with E-state index in [0.717, 1.165) is 6.42 Å². The number of hydrogen-bond acceptors (Lipinski definition) is 3. The average molecular weight is 320 g/mol. The van der Waals surface area contributed by atoms with E-state index in [1.165, 1.54) is 18.4 Å². The Morgan fingerprint density at radius 3 is 2.48 bits per heavy atom. The van der Waals surface area contributed by atoms with Crippen LogP contribution in [0.25, 0.3) is 0 Å². The number of halogens is 1. The van der Waals surface area contributed by atoms with Crippen molar-refractivity contribution >= 4 is 24.5 Å². The van der Waals surface area contributed by atoms with Gasteiger partial charge in [0.25, 0.3) is 0 Å². The Hall–Kier alpha value is -1.40. The third-order valence-electron chi connectivity index (χ3n) is 4.68. The Kier molecular flexibility index (Phi) is 4.88. The number of carbonyl (C=O) groups is 1. The molecule has 1 aromatic rings. The topological polar surface area (TPSA) is 49.8 Å². The first-order chi connectivity index (χ1) is 10.5. The molecule has 4 nitrogen and oxygen atoms in total. The van der Waals surface area contributed by atoms with Gasteiger partial charge in [-0.1, -0.05) is 11.5 Å². The summed E-state index contributed by atoms with van der Waals surface area (Å²) < 4.78 is 20.0. The minimum atomic E-state index is -1.04. The maximum absolute atomic E-state index is 14.4. The van der Waals surface area contributed by atoms with Crippen LogP contribution in [-0.4, -0.2) is 35.7 Å². The molecule has 1 saturated heterocycles. The van der Waals surface area contributed by atoms with Gasteiger partial charge in [-0.25, -0.2) is 4.39 Å². The zero-order chi connectivity index (χ0) is 17.4. The molecule has 23 heavy (non-hydrogen) atoms. The third kappa shape index (κ3) is 3.75. The van der Waals surface area contributed by atoms with Gasteiger partial charge in [0.15, 0.2) is 0 Å². The van der Waals surface area contributed by atoms with Crippen LogP contribution in [0, 0.1) is 5.82 Å². The van der Waals surface area contributed by atoms with Crippen LogP contribution in [0.3, 0.4) is 0 Å². The zero-order valence-corrected chi connectivity index (χ0v) is 14.4. The minimum Gasteiger partial charge on any atom is -0.427 e. The monoisotopic (exact) mass is 320 g/mol. The molecule has 0 bridgehead atoms. The molecule has 0 spiro atoms. The number of hydrogen-bond donors (Lipinski definition) is 1. The molecule has 0 aromatic heterocycles. The largest absolute Gasteiger partial charge is 0.427 e. The van der Waals surface area contributed by atoms with E-state index in [4.69, 9.17) is 4.65 Å². The Balaban J connectivity index is 2.13. The fourth-order valence-corrected chi connectivity index (χ4v) is 2.35. The van der Waals surface area contributed by atoms with Gasteiger partial charge in [-0.3, -0.25) is 4.79 Å². The van der Waals surface area contributed by atoms with Crippen molar-refractivity contribution < 1.29 is 18.9 Å². The van der Waals surface area contributed by atoms with Gasteiger partial charge < -0.3 is 14.7 Å². The molecular formula is C17H24BFNO3.